The van der Waals surface area contributed by atoms with Gasteiger partial charge in [0.2, 0.25) is 0 Å². The number of hydrogen-bond acceptors (Lipinski definition) is 5. The van der Waals surface area contributed by atoms with E-state index in [4.69, 9.17) is 4.74 Å². The summed E-state index contributed by atoms with van der Waals surface area (Å²) in [6.45, 7) is 4.63. The molecular weight excluding hydrogens is 364 g/mol. The van der Waals surface area contributed by atoms with E-state index in [2.05, 4.69) is 53.1 Å². The molecule has 0 aliphatic carbocycles. The minimum atomic E-state index is -0.175. The van der Waals surface area contributed by atoms with E-state index >= 15 is 0 Å². The molecule has 6 nitrogen and oxygen atoms in total. The van der Waals surface area contributed by atoms with Gasteiger partial charge in [0.25, 0.3) is 5.91 Å². The van der Waals surface area contributed by atoms with Crippen LogP contribution in [0.1, 0.15) is 54.8 Å². The van der Waals surface area contributed by atoms with E-state index < -0.39 is 0 Å². The first-order valence-corrected chi connectivity index (χ1v) is 10.6. The van der Waals surface area contributed by atoms with E-state index in [1.807, 2.05) is 11.0 Å². The number of likely N-dealkylation sites (tertiary alicyclic amines) is 1. The second kappa shape index (κ2) is 8.59. The minimum absolute atomic E-state index is 0.0365. The largest absolute Gasteiger partial charge is 0.367 e. The monoisotopic (exact) mass is 394 g/mol. The molecular formula is C23H30N4O2. The predicted molar refractivity (Wildman–Crippen MR) is 111 cm³/mol. The lowest BCUT2D eigenvalue weighted by molar-refractivity contribution is -0.170. The van der Waals surface area contributed by atoms with Gasteiger partial charge in [-0.25, -0.2) is 4.98 Å². The van der Waals surface area contributed by atoms with Gasteiger partial charge in [0.1, 0.15) is 5.69 Å². The Bertz CT molecular complexity index is 806. The van der Waals surface area contributed by atoms with Crippen LogP contribution in [0.5, 0.6) is 0 Å². The van der Waals surface area contributed by atoms with Crippen LogP contribution in [0.25, 0.3) is 0 Å². The van der Waals surface area contributed by atoms with Crippen LogP contribution >= 0.6 is 0 Å². The van der Waals surface area contributed by atoms with Crippen molar-refractivity contribution >= 4 is 5.91 Å². The predicted octanol–water partition coefficient (Wildman–Crippen LogP) is 3.32. The van der Waals surface area contributed by atoms with Crippen LogP contribution in [0.3, 0.4) is 0 Å². The highest BCUT2D eigenvalue weighted by Gasteiger charge is 2.45. The van der Waals surface area contributed by atoms with Gasteiger partial charge < -0.3 is 14.5 Å². The van der Waals surface area contributed by atoms with Gasteiger partial charge in [-0.2, -0.15) is 0 Å². The molecule has 29 heavy (non-hydrogen) atoms. The van der Waals surface area contributed by atoms with Crippen molar-refractivity contribution in [1.29, 1.82) is 0 Å². The van der Waals surface area contributed by atoms with Crippen molar-refractivity contribution in [3.63, 3.8) is 0 Å². The second-order valence-electron chi connectivity index (χ2n) is 8.25. The van der Waals surface area contributed by atoms with E-state index in [1.165, 1.54) is 5.56 Å². The molecule has 0 unspecified atom stereocenters. The van der Waals surface area contributed by atoms with Crippen molar-refractivity contribution in [2.45, 2.75) is 50.4 Å². The Morgan fingerprint density at radius 3 is 2.66 bits per heavy atom. The molecule has 2 aliphatic heterocycles. The SMILES string of the molecule is CCN(C)[C@H]1C[C@@H](c2ccccc2)OC2(CCN(C(=O)c3cnccn3)CC2)C1. The molecule has 1 amide bonds. The third-order valence-electron chi connectivity index (χ3n) is 6.52. The number of carbonyl (C=O) groups excluding carboxylic acids is 1. The summed E-state index contributed by atoms with van der Waals surface area (Å²) in [4.78, 5) is 25.3. The van der Waals surface area contributed by atoms with Crippen molar-refractivity contribution in [1.82, 2.24) is 19.8 Å². The second-order valence-corrected chi connectivity index (χ2v) is 8.25. The van der Waals surface area contributed by atoms with Gasteiger partial charge in [-0.3, -0.25) is 9.78 Å². The van der Waals surface area contributed by atoms with Crippen molar-refractivity contribution in [2.75, 3.05) is 26.7 Å². The average Bonchev–Trinajstić information content (AvgIpc) is 2.79. The molecule has 154 valence electrons. The van der Waals surface area contributed by atoms with Crippen molar-refractivity contribution in [3.8, 4) is 0 Å². The molecule has 0 N–H and O–H groups in total. The molecule has 2 aliphatic rings. The zero-order valence-corrected chi connectivity index (χ0v) is 17.3. The average molecular weight is 395 g/mol. The molecule has 0 radical (unpaired) electrons. The van der Waals surface area contributed by atoms with Crippen LogP contribution in [0.15, 0.2) is 48.9 Å². The van der Waals surface area contributed by atoms with Gasteiger partial charge in [0.15, 0.2) is 0 Å². The Hall–Kier alpha value is -2.31. The smallest absolute Gasteiger partial charge is 0.274 e. The van der Waals surface area contributed by atoms with Crippen LogP contribution in [0.2, 0.25) is 0 Å². The lowest BCUT2D eigenvalue weighted by Crippen LogP contribution is -2.54. The Morgan fingerprint density at radius 2 is 2.00 bits per heavy atom. The molecule has 4 rings (SSSR count). The van der Waals surface area contributed by atoms with E-state index in [-0.39, 0.29) is 17.6 Å². The number of amides is 1. The number of ether oxygens (including phenoxy) is 1. The third kappa shape index (κ3) is 4.33. The van der Waals surface area contributed by atoms with Gasteiger partial charge in [-0.15, -0.1) is 0 Å². The molecule has 2 aromatic rings. The summed E-state index contributed by atoms with van der Waals surface area (Å²) in [5.41, 5.74) is 1.49. The maximum absolute atomic E-state index is 12.8. The van der Waals surface area contributed by atoms with Crippen LogP contribution in [-0.2, 0) is 4.74 Å². The van der Waals surface area contributed by atoms with Crippen LogP contribution < -0.4 is 0 Å². The summed E-state index contributed by atoms with van der Waals surface area (Å²) in [5.74, 6) is -0.0365. The van der Waals surface area contributed by atoms with E-state index in [0.717, 1.165) is 32.2 Å². The number of rotatable bonds is 4. The van der Waals surface area contributed by atoms with Crippen LogP contribution in [0, 0.1) is 0 Å². The number of hydrogen-bond donors (Lipinski definition) is 0. The molecule has 2 atom stereocenters. The highest BCUT2D eigenvalue weighted by atomic mass is 16.5. The molecule has 3 heterocycles. The minimum Gasteiger partial charge on any atom is -0.367 e. The van der Waals surface area contributed by atoms with Gasteiger partial charge in [-0.1, -0.05) is 37.3 Å². The van der Waals surface area contributed by atoms with Gasteiger partial charge in [0, 0.05) is 31.5 Å². The lowest BCUT2D eigenvalue weighted by atomic mass is 9.79. The molecule has 1 aromatic heterocycles. The summed E-state index contributed by atoms with van der Waals surface area (Å²) >= 11 is 0. The van der Waals surface area contributed by atoms with Crippen LogP contribution in [-0.4, -0.2) is 64.0 Å². The van der Waals surface area contributed by atoms with Crippen molar-refractivity contribution in [2.24, 2.45) is 0 Å². The van der Waals surface area contributed by atoms with Gasteiger partial charge in [-0.05, 0) is 44.8 Å². The summed E-state index contributed by atoms with van der Waals surface area (Å²) in [6.07, 6.45) is 8.55. The first kappa shape index (κ1) is 20.0. The zero-order valence-electron chi connectivity index (χ0n) is 17.3. The molecule has 1 aromatic carbocycles. The maximum Gasteiger partial charge on any atom is 0.274 e. The normalized spacial score (nSPS) is 24.0. The van der Waals surface area contributed by atoms with Gasteiger partial charge in [0.05, 0.1) is 17.9 Å². The Morgan fingerprint density at radius 1 is 1.24 bits per heavy atom. The van der Waals surface area contributed by atoms with Gasteiger partial charge >= 0.3 is 0 Å². The maximum atomic E-state index is 12.8. The summed E-state index contributed by atoms with van der Waals surface area (Å²) < 4.78 is 6.77. The standard InChI is InChI=1S/C23H30N4O2/c1-3-26(2)19-15-21(18-7-5-4-6-8-18)29-23(16-19)9-13-27(14-10-23)22(28)20-17-24-11-12-25-20/h4-8,11-12,17,19,21H,3,9-10,13-16H2,1-2H3/t19-,21-/m0/s1. The quantitative estimate of drug-likeness (QED) is 0.796. The molecule has 1 spiro atoms. The summed E-state index contributed by atoms with van der Waals surface area (Å²) in [6, 6.07) is 11.0. The zero-order chi connectivity index (χ0) is 20.3. The molecule has 0 bridgehead atoms. The first-order chi connectivity index (χ1) is 14.1. The number of carbonyl (C=O) groups is 1. The molecule has 6 heteroatoms. The fraction of sp³-hybridized carbons (Fsp3) is 0.522. The fourth-order valence-corrected chi connectivity index (χ4v) is 4.63. The first-order valence-electron chi connectivity index (χ1n) is 10.6. The summed E-state index contributed by atoms with van der Waals surface area (Å²) in [5, 5.41) is 0. The number of nitrogens with zero attached hydrogens (tertiary/aromatic N) is 4. The number of aromatic nitrogens is 2. The number of piperidine rings is 1. The topological polar surface area (TPSA) is 58.6 Å². The van der Waals surface area contributed by atoms with E-state index in [9.17, 15) is 4.79 Å². The molecule has 2 saturated heterocycles. The lowest BCUT2D eigenvalue weighted by Gasteiger charge is -2.50. The van der Waals surface area contributed by atoms with E-state index in [1.54, 1.807) is 18.6 Å². The Labute approximate surface area is 172 Å². The fourth-order valence-electron chi connectivity index (χ4n) is 4.63. The molecule has 2 fully saturated rings. The Balaban J connectivity index is 1.49. The number of benzene rings is 1. The Kier molecular flexibility index (Phi) is 5.92. The van der Waals surface area contributed by atoms with Crippen LogP contribution in [0.4, 0.5) is 0 Å². The third-order valence-corrected chi connectivity index (χ3v) is 6.52. The van der Waals surface area contributed by atoms with E-state index in [0.29, 0.717) is 24.8 Å². The van der Waals surface area contributed by atoms with Crippen molar-refractivity contribution < 1.29 is 9.53 Å². The summed E-state index contributed by atoms with van der Waals surface area (Å²) in [7, 11) is 2.21. The molecule has 0 saturated carbocycles. The highest BCUT2D eigenvalue weighted by Crippen LogP contribution is 2.44. The highest BCUT2D eigenvalue weighted by molar-refractivity contribution is 5.92. The van der Waals surface area contributed by atoms with Crippen molar-refractivity contribution in [3.05, 3.63) is 60.2 Å².